The standard InChI is InChI=1S/C20H23N5O2/c1-15(24-11-13-25(14-12-24)18-5-3-4-10-21-18)19-22-23-20(27-19)16-6-8-17(26-2)9-7-16/h3-10,15H,11-14H2,1-2H3/t15-/m0/s1. The Kier molecular flexibility index (Phi) is 5.02. The maximum Gasteiger partial charge on any atom is 0.247 e. The molecule has 7 nitrogen and oxygen atoms in total. The Bertz CT molecular complexity index is 858. The first-order chi connectivity index (χ1) is 13.2. The van der Waals surface area contributed by atoms with E-state index >= 15 is 0 Å². The molecular weight excluding hydrogens is 342 g/mol. The van der Waals surface area contributed by atoms with Gasteiger partial charge in [0.2, 0.25) is 11.8 Å². The van der Waals surface area contributed by atoms with Crippen LogP contribution in [0.2, 0.25) is 0 Å². The van der Waals surface area contributed by atoms with Gasteiger partial charge >= 0.3 is 0 Å². The van der Waals surface area contributed by atoms with Crippen molar-refractivity contribution in [3.8, 4) is 17.2 Å². The van der Waals surface area contributed by atoms with Gasteiger partial charge in [0.1, 0.15) is 11.6 Å². The second kappa shape index (κ2) is 7.75. The second-order valence-electron chi connectivity index (χ2n) is 6.56. The number of rotatable bonds is 5. The molecule has 0 bridgehead atoms. The van der Waals surface area contributed by atoms with E-state index in [1.807, 2.05) is 42.6 Å². The molecule has 27 heavy (non-hydrogen) atoms. The lowest BCUT2D eigenvalue weighted by Crippen LogP contribution is -2.47. The fourth-order valence-corrected chi connectivity index (χ4v) is 3.29. The lowest BCUT2D eigenvalue weighted by molar-refractivity contribution is 0.173. The van der Waals surface area contributed by atoms with Crippen molar-refractivity contribution in [2.24, 2.45) is 0 Å². The fraction of sp³-hybridized carbons (Fsp3) is 0.350. The molecule has 1 atom stereocenters. The summed E-state index contributed by atoms with van der Waals surface area (Å²) in [6.45, 7) is 5.83. The van der Waals surface area contributed by atoms with E-state index in [0.717, 1.165) is 43.3 Å². The van der Waals surface area contributed by atoms with E-state index in [0.29, 0.717) is 11.8 Å². The van der Waals surface area contributed by atoms with E-state index in [9.17, 15) is 0 Å². The minimum atomic E-state index is 0.0791. The maximum absolute atomic E-state index is 5.94. The number of pyridine rings is 1. The predicted molar refractivity (Wildman–Crippen MR) is 103 cm³/mol. The summed E-state index contributed by atoms with van der Waals surface area (Å²) >= 11 is 0. The van der Waals surface area contributed by atoms with E-state index < -0.39 is 0 Å². The van der Waals surface area contributed by atoms with Gasteiger partial charge in [-0.05, 0) is 43.3 Å². The van der Waals surface area contributed by atoms with Gasteiger partial charge in [0, 0.05) is 37.9 Å². The van der Waals surface area contributed by atoms with E-state index in [1.165, 1.54) is 0 Å². The number of methoxy groups -OCH3 is 1. The number of benzene rings is 1. The van der Waals surface area contributed by atoms with Crippen molar-refractivity contribution in [1.29, 1.82) is 0 Å². The van der Waals surface area contributed by atoms with Crippen LogP contribution in [-0.2, 0) is 0 Å². The summed E-state index contributed by atoms with van der Waals surface area (Å²) in [4.78, 5) is 9.11. The molecular formula is C20H23N5O2. The summed E-state index contributed by atoms with van der Waals surface area (Å²) in [6, 6.07) is 13.7. The van der Waals surface area contributed by atoms with Crippen molar-refractivity contribution in [2.75, 3.05) is 38.2 Å². The predicted octanol–water partition coefficient (Wildman–Crippen LogP) is 3.02. The Hall–Kier alpha value is -2.93. The van der Waals surface area contributed by atoms with Gasteiger partial charge in [-0.1, -0.05) is 6.07 Å². The minimum Gasteiger partial charge on any atom is -0.497 e. The molecule has 0 saturated carbocycles. The van der Waals surface area contributed by atoms with Gasteiger partial charge < -0.3 is 14.1 Å². The quantitative estimate of drug-likeness (QED) is 0.688. The van der Waals surface area contributed by atoms with E-state index in [4.69, 9.17) is 9.15 Å². The summed E-state index contributed by atoms with van der Waals surface area (Å²) in [5.41, 5.74) is 0.890. The van der Waals surface area contributed by atoms with Crippen LogP contribution >= 0.6 is 0 Å². The smallest absolute Gasteiger partial charge is 0.247 e. The molecule has 0 N–H and O–H groups in total. The average molecular weight is 365 g/mol. The zero-order valence-electron chi connectivity index (χ0n) is 15.6. The number of piperazine rings is 1. The molecule has 0 amide bonds. The molecule has 140 valence electrons. The van der Waals surface area contributed by atoms with Gasteiger partial charge in [0.25, 0.3) is 0 Å². The summed E-state index contributed by atoms with van der Waals surface area (Å²) in [7, 11) is 1.65. The Balaban J connectivity index is 1.40. The fourth-order valence-electron chi connectivity index (χ4n) is 3.29. The highest BCUT2D eigenvalue weighted by Gasteiger charge is 2.26. The van der Waals surface area contributed by atoms with Gasteiger partial charge in [-0.3, -0.25) is 4.90 Å². The van der Waals surface area contributed by atoms with Gasteiger partial charge in [-0.25, -0.2) is 4.98 Å². The van der Waals surface area contributed by atoms with Gasteiger partial charge in [0.15, 0.2) is 0 Å². The third-order valence-electron chi connectivity index (χ3n) is 4.97. The van der Waals surface area contributed by atoms with Crippen LogP contribution in [0.15, 0.2) is 53.1 Å². The third kappa shape index (κ3) is 3.78. The average Bonchev–Trinajstić information content (AvgIpc) is 3.24. The molecule has 4 rings (SSSR count). The molecule has 1 aliphatic rings. The molecule has 1 saturated heterocycles. The first-order valence-electron chi connectivity index (χ1n) is 9.12. The normalized spacial score (nSPS) is 16.3. The van der Waals surface area contributed by atoms with Crippen molar-refractivity contribution >= 4 is 5.82 Å². The molecule has 3 aromatic rings. The van der Waals surface area contributed by atoms with Gasteiger partial charge in [0.05, 0.1) is 13.2 Å². The summed E-state index contributed by atoms with van der Waals surface area (Å²) in [5.74, 6) is 3.01. The highest BCUT2D eigenvalue weighted by atomic mass is 16.5. The first-order valence-corrected chi connectivity index (χ1v) is 9.12. The number of hydrogen-bond donors (Lipinski definition) is 0. The molecule has 0 unspecified atom stereocenters. The minimum absolute atomic E-state index is 0.0791. The van der Waals surface area contributed by atoms with Crippen LogP contribution in [0.1, 0.15) is 18.9 Å². The second-order valence-corrected chi connectivity index (χ2v) is 6.56. The number of ether oxygens (including phenoxy) is 1. The van der Waals surface area contributed by atoms with Crippen LogP contribution in [0.5, 0.6) is 5.75 Å². The lowest BCUT2D eigenvalue weighted by atomic mass is 10.2. The summed E-state index contributed by atoms with van der Waals surface area (Å²) < 4.78 is 11.1. The largest absolute Gasteiger partial charge is 0.497 e. The van der Waals surface area contributed by atoms with Crippen LogP contribution in [0, 0.1) is 0 Å². The lowest BCUT2D eigenvalue weighted by Gasteiger charge is -2.37. The van der Waals surface area contributed by atoms with E-state index in [2.05, 4.69) is 38.0 Å². The first kappa shape index (κ1) is 17.5. The molecule has 3 heterocycles. The molecule has 0 aliphatic carbocycles. The third-order valence-corrected chi connectivity index (χ3v) is 4.97. The van der Waals surface area contributed by atoms with Crippen LogP contribution in [0.3, 0.4) is 0 Å². The molecule has 7 heteroatoms. The highest BCUT2D eigenvalue weighted by Crippen LogP contribution is 2.26. The van der Waals surface area contributed by atoms with Crippen molar-refractivity contribution < 1.29 is 9.15 Å². The SMILES string of the molecule is COc1ccc(-c2nnc([C@H](C)N3CCN(c4ccccn4)CC3)o2)cc1. The van der Waals surface area contributed by atoms with Gasteiger partial charge in [-0.15, -0.1) is 10.2 Å². The van der Waals surface area contributed by atoms with Gasteiger partial charge in [-0.2, -0.15) is 0 Å². The summed E-state index contributed by atoms with van der Waals surface area (Å²) in [5, 5.41) is 8.49. The molecule has 1 aromatic carbocycles. The number of hydrogen-bond acceptors (Lipinski definition) is 7. The number of anilines is 1. The zero-order valence-corrected chi connectivity index (χ0v) is 15.6. The van der Waals surface area contributed by atoms with Crippen LogP contribution in [0.4, 0.5) is 5.82 Å². The van der Waals surface area contributed by atoms with Crippen LogP contribution < -0.4 is 9.64 Å². The molecule has 1 fully saturated rings. The Morgan fingerprint density at radius 1 is 1.00 bits per heavy atom. The van der Waals surface area contributed by atoms with E-state index in [-0.39, 0.29) is 6.04 Å². The molecule has 0 radical (unpaired) electrons. The zero-order chi connectivity index (χ0) is 18.6. The van der Waals surface area contributed by atoms with Crippen molar-refractivity contribution in [3.63, 3.8) is 0 Å². The molecule has 2 aromatic heterocycles. The number of aromatic nitrogens is 3. The Labute approximate surface area is 158 Å². The molecule has 0 spiro atoms. The van der Waals surface area contributed by atoms with Crippen LogP contribution in [0.25, 0.3) is 11.5 Å². The topological polar surface area (TPSA) is 67.5 Å². The highest BCUT2D eigenvalue weighted by molar-refractivity contribution is 5.54. The van der Waals surface area contributed by atoms with E-state index in [1.54, 1.807) is 7.11 Å². The number of nitrogens with zero attached hydrogens (tertiary/aromatic N) is 5. The Morgan fingerprint density at radius 3 is 2.44 bits per heavy atom. The molecule has 1 aliphatic heterocycles. The van der Waals surface area contributed by atoms with Crippen molar-refractivity contribution in [3.05, 3.63) is 54.6 Å². The monoisotopic (exact) mass is 365 g/mol. The maximum atomic E-state index is 5.94. The van der Waals surface area contributed by atoms with Crippen LogP contribution in [-0.4, -0.2) is 53.4 Å². The Morgan fingerprint density at radius 2 is 1.78 bits per heavy atom. The van der Waals surface area contributed by atoms with Crippen molar-refractivity contribution in [2.45, 2.75) is 13.0 Å². The summed E-state index contributed by atoms with van der Waals surface area (Å²) in [6.07, 6.45) is 1.84. The van der Waals surface area contributed by atoms with Crippen molar-refractivity contribution in [1.82, 2.24) is 20.1 Å².